The number of rotatable bonds is 12. The van der Waals surface area contributed by atoms with E-state index in [9.17, 15) is 18.3 Å². The van der Waals surface area contributed by atoms with Crippen molar-refractivity contribution in [3.05, 3.63) is 58.5 Å². The van der Waals surface area contributed by atoms with Gasteiger partial charge in [-0.15, -0.1) is 0 Å². The molecule has 10 heteroatoms. The quantitative estimate of drug-likeness (QED) is 0.181. The Morgan fingerprint density at radius 3 is 2.55 bits per heavy atom. The fraction of sp³-hybridized carbons (Fsp3) is 0.571. The largest absolute Gasteiger partial charge is 0.398 e. The van der Waals surface area contributed by atoms with Crippen molar-refractivity contribution < 1.29 is 27.4 Å². The maximum atomic E-state index is 15.8. The Kier molecular flexibility index (Phi) is 10.5. The van der Waals surface area contributed by atoms with Crippen molar-refractivity contribution in [3.8, 4) is 0 Å². The van der Waals surface area contributed by atoms with Crippen LogP contribution in [0.1, 0.15) is 39.2 Å². The first-order chi connectivity index (χ1) is 18.0. The fourth-order valence-corrected chi connectivity index (χ4v) is 5.44. The number of aliphatic hydroxyl groups excluding tert-OH is 1. The van der Waals surface area contributed by atoms with Gasteiger partial charge in [0.1, 0.15) is 12.4 Å². The smallest absolute Gasteiger partial charge is 0.283 e. The molecule has 6 N–H and O–H groups in total. The van der Waals surface area contributed by atoms with Crippen LogP contribution in [0.4, 0.5) is 23.2 Å². The van der Waals surface area contributed by atoms with Crippen molar-refractivity contribution >= 4 is 11.3 Å². The molecule has 0 spiro atoms. The van der Waals surface area contributed by atoms with E-state index in [1.54, 1.807) is 26.0 Å². The Labute approximate surface area is 222 Å². The van der Waals surface area contributed by atoms with Crippen molar-refractivity contribution in [1.82, 2.24) is 10.2 Å². The monoisotopic (exact) mass is 540 g/mol. The van der Waals surface area contributed by atoms with Gasteiger partial charge in [0.05, 0.1) is 38.1 Å². The minimum absolute atomic E-state index is 0.233. The van der Waals surface area contributed by atoms with Crippen molar-refractivity contribution in [3.63, 3.8) is 0 Å². The summed E-state index contributed by atoms with van der Waals surface area (Å²) >= 11 is 0. The third-order valence-corrected chi connectivity index (χ3v) is 7.32. The summed E-state index contributed by atoms with van der Waals surface area (Å²) in [6, 6.07) is 6.31. The van der Waals surface area contributed by atoms with Gasteiger partial charge < -0.3 is 26.6 Å². The van der Waals surface area contributed by atoms with Crippen LogP contribution in [0.15, 0.2) is 52.9 Å². The van der Waals surface area contributed by atoms with Crippen LogP contribution in [0.3, 0.4) is 0 Å². The molecule has 0 saturated heterocycles. The van der Waals surface area contributed by atoms with E-state index < -0.39 is 49.9 Å². The summed E-state index contributed by atoms with van der Waals surface area (Å²) < 4.78 is 63.3. The van der Waals surface area contributed by atoms with E-state index in [-0.39, 0.29) is 17.9 Å². The Bertz CT molecular complexity index is 1060. The van der Waals surface area contributed by atoms with Gasteiger partial charge in [0.2, 0.25) is 0 Å². The topological polar surface area (TPSA) is 96.8 Å². The van der Waals surface area contributed by atoms with Crippen molar-refractivity contribution in [2.45, 2.75) is 57.8 Å². The molecule has 2 unspecified atom stereocenters. The zero-order chi connectivity index (χ0) is 28.0. The van der Waals surface area contributed by atoms with Crippen LogP contribution < -0.4 is 16.8 Å². The highest BCUT2D eigenvalue weighted by Gasteiger charge is 2.44. The van der Waals surface area contributed by atoms with Crippen LogP contribution in [-0.4, -0.2) is 73.8 Å². The van der Waals surface area contributed by atoms with Gasteiger partial charge in [-0.05, 0) is 55.7 Å². The number of benzene rings is 1. The van der Waals surface area contributed by atoms with Crippen LogP contribution in [0.5, 0.6) is 0 Å². The van der Waals surface area contributed by atoms with E-state index in [0.29, 0.717) is 43.0 Å². The molecule has 1 heterocycles. The maximum Gasteiger partial charge on any atom is 0.283 e. The molecule has 0 saturated carbocycles. The number of alkyl halides is 3. The second-order valence-electron chi connectivity index (χ2n) is 10.2. The number of para-hydroxylation sites is 1. The van der Waals surface area contributed by atoms with Crippen LogP contribution in [-0.2, 0) is 4.74 Å². The first kappa shape index (κ1) is 30.3. The molecule has 2 aliphatic rings. The lowest BCUT2D eigenvalue weighted by atomic mass is 9.78. The molecule has 1 aromatic rings. The number of aliphatic hydroxyl groups is 1. The summed E-state index contributed by atoms with van der Waals surface area (Å²) in [6.07, 6.45) is 0.741. The van der Waals surface area contributed by atoms with Gasteiger partial charge in [-0.2, -0.15) is 0 Å². The van der Waals surface area contributed by atoms with Gasteiger partial charge in [0, 0.05) is 35.7 Å². The summed E-state index contributed by atoms with van der Waals surface area (Å²) in [5, 5.41) is 12.4. The molecule has 0 aromatic heterocycles. The molecule has 1 aliphatic carbocycles. The summed E-state index contributed by atoms with van der Waals surface area (Å²) in [6.45, 7) is 4.14. The normalized spacial score (nSPS) is 25.2. The number of hydrogen-bond donors (Lipinski definition) is 4. The third-order valence-electron chi connectivity index (χ3n) is 7.32. The van der Waals surface area contributed by atoms with Crippen molar-refractivity contribution in [1.29, 1.82) is 0 Å². The minimum atomic E-state index is -3.43. The molecule has 212 valence electrons. The second-order valence-corrected chi connectivity index (χ2v) is 10.2. The standard InChI is InChI=1S/C28H40F4N4O2/c1-17-13-22(30)25(19(3)27(17)38-12-11-35-10-6-9-29)26-18(2)21(20-7-4-5-8-23(20)33)14-24(34)36(26)15-28(31,32)16-37/h4-5,7-8,13,17,24,26-27,35,37H,6,9-12,14-16,33-34H2,1-3H3/t17?,24-,26-,27?/m0/s1. The van der Waals surface area contributed by atoms with Crippen LogP contribution in [0.2, 0.25) is 0 Å². The Hall–Kier alpha value is -2.24. The SMILES string of the molecule is CC1=C([C@@H]2C(C)=C(c3ccccc3N)C[C@@H](N)N2CC(F)(F)CO)C(F)=CC(C)C1OCCNCCCF. The number of ether oxygens (including phenoxy) is 1. The van der Waals surface area contributed by atoms with Gasteiger partial charge in [0.15, 0.2) is 0 Å². The number of hydrogen-bond acceptors (Lipinski definition) is 6. The van der Waals surface area contributed by atoms with Crippen molar-refractivity contribution in [2.75, 3.05) is 45.3 Å². The summed E-state index contributed by atoms with van der Waals surface area (Å²) in [5.74, 6) is -4.23. The number of nitrogens with one attached hydrogen (secondary N) is 1. The number of nitrogens with zero attached hydrogens (tertiary/aromatic N) is 1. The zero-order valence-electron chi connectivity index (χ0n) is 22.3. The van der Waals surface area contributed by atoms with E-state index in [1.165, 1.54) is 11.0 Å². The van der Waals surface area contributed by atoms with E-state index in [2.05, 4.69) is 5.32 Å². The summed E-state index contributed by atoms with van der Waals surface area (Å²) in [4.78, 5) is 1.37. The average Bonchev–Trinajstić information content (AvgIpc) is 2.87. The maximum absolute atomic E-state index is 15.8. The molecule has 6 nitrogen and oxygen atoms in total. The highest BCUT2D eigenvalue weighted by Crippen LogP contribution is 2.44. The van der Waals surface area contributed by atoms with Gasteiger partial charge in [0.25, 0.3) is 5.92 Å². The number of anilines is 1. The zero-order valence-corrected chi connectivity index (χ0v) is 22.3. The average molecular weight is 541 g/mol. The third kappa shape index (κ3) is 6.84. The highest BCUT2D eigenvalue weighted by atomic mass is 19.3. The van der Waals surface area contributed by atoms with Crippen LogP contribution >= 0.6 is 0 Å². The second kappa shape index (κ2) is 13.2. The summed E-state index contributed by atoms with van der Waals surface area (Å²) in [7, 11) is 0. The Morgan fingerprint density at radius 1 is 1.18 bits per heavy atom. The van der Waals surface area contributed by atoms with E-state index in [0.717, 1.165) is 11.1 Å². The fourth-order valence-electron chi connectivity index (χ4n) is 5.44. The molecule has 0 amide bonds. The van der Waals surface area contributed by atoms with Crippen LogP contribution in [0, 0.1) is 5.92 Å². The molecule has 0 bridgehead atoms. The first-order valence-corrected chi connectivity index (χ1v) is 13.0. The predicted molar refractivity (Wildman–Crippen MR) is 143 cm³/mol. The molecule has 0 radical (unpaired) electrons. The minimum Gasteiger partial charge on any atom is -0.398 e. The molecule has 1 aromatic carbocycles. The highest BCUT2D eigenvalue weighted by molar-refractivity contribution is 5.79. The van der Waals surface area contributed by atoms with Gasteiger partial charge in [-0.1, -0.05) is 25.1 Å². The van der Waals surface area contributed by atoms with Crippen LogP contribution in [0.25, 0.3) is 5.57 Å². The summed E-state index contributed by atoms with van der Waals surface area (Å²) in [5.41, 5.74) is 16.3. The number of halogens is 4. The van der Waals surface area contributed by atoms with E-state index >= 15 is 4.39 Å². The predicted octanol–water partition coefficient (Wildman–Crippen LogP) is 4.18. The molecule has 3 rings (SSSR count). The lowest BCUT2D eigenvalue weighted by Crippen LogP contribution is -2.57. The lowest BCUT2D eigenvalue weighted by molar-refractivity contribution is -0.0839. The number of nitrogen functional groups attached to an aromatic ring is 1. The van der Waals surface area contributed by atoms with Gasteiger partial charge >= 0.3 is 0 Å². The van der Waals surface area contributed by atoms with E-state index in [1.807, 2.05) is 19.1 Å². The Morgan fingerprint density at radius 2 is 1.89 bits per heavy atom. The molecule has 38 heavy (non-hydrogen) atoms. The molecular weight excluding hydrogens is 500 g/mol. The number of nitrogens with two attached hydrogens (primary N) is 2. The van der Waals surface area contributed by atoms with Gasteiger partial charge in [-0.3, -0.25) is 9.29 Å². The molecule has 1 aliphatic heterocycles. The first-order valence-electron chi connectivity index (χ1n) is 13.0. The lowest BCUT2D eigenvalue weighted by Gasteiger charge is -2.46. The van der Waals surface area contributed by atoms with Gasteiger partial charge in [-0.25, -0.2) is 13.2 Å². The Balaban J connectivity index is 2.05. The molecule has 0 fully saturated rings. The van der Waals surface area contributed by atoms with Crippen molar-refractivity contribution in [2.24, 2.45) is 11.7 Å². The molecule has 4 atom stereocenters. The van der Waals surface area contributed by atoms with E-state index in [4.69, 9.17) is 16.2 Å². The molecular formula is C28H40F4N4O2.